The number of aliphatic hydroxyl groups excluding tert-OH is 1. The molecule has 0 aliphatic carbocycles. The van der Waals surface area contributed by atoms with Gasteiger partial charge in [-0.05, 0) is 60.5 Å². The summed E-state index contributed by atoms with van der Waals surface area (Å²) in [4.78, 5) is 38.1. The molecule has 0 spiro atoms. The number of nitro benzene ring substituents is 1. The van der Waals surface area contributed by atoms with Gasteiger partial charge in [0, 0.05) is 28.4 Å². The van der Waals surface area contributed by atoms with Crippen molar-refractivity contribution in [2.75, 3.05) is 4.90 Å². The molecular weight excluding hydrogens is 432 g/mol. The minimum absolute atomic E-state index is 0.102. The molecule has 8 heteroatoms. The van der Waals surface area contributed by atoms with Gasteiger partial charge < -0.3 is 5.11 Å². The number of carbonyl (C=O) groups excluding carboxylic acids is 2. The van der Waals surface area contributed by atoms with Crippen molar-refractivity contribution in [3.8, 4) is 0 Å². The minimum atomic E-state index is -0.965. The van der Waals surface area contributed by atoms with E-state index in [4.69, 9.17) is 11.6 Å². The number of nitrogens with zero attached hydrogens (tertiary/aromatic N) is 2. The maximum absolute atomic E-state index is 13.1. The van der Waals surface area contributed by atoms with Gasteiger partial charge in [0.1, 0.15) is 5.76 Å². The van der Waals surface area contributed by atoms with E-state index in [1.165, 1.54) is 29.2 Å². The standard InChI is InChI=1S/C24H17ClN2O5/c1-14-4-2-3-5-19(14)26-21(15-8-12-18(13-9-15)27(31)32)20(23(29)24(26)30)22(28)16-6-10-17(25)11-7-16/h2-13,21,28H,1H3/t21-/m1/s1. The largest absolute Gasteiger partial charge is 0.507 e. The molecule has 1 atom stereocenters. The van der Waals surface area contributed by atoms with Crippen LogP contribution in [-0.2, 0) is 9.59 Å². The number of hydrogen-bond acceptors (Lipinski definition) is 5. The number of halogens is 1. The Bertz CT molecular complexity index is 1270. The van der Waals surface area contributed by atoms with E-state index < -0.39 is 22.7 Å². The average Bonchev–Trinajstić information content (AvgIpc) is 3.05. The first kappa shape index (κ1) is 21.3. The summed E-state index contributed by atoms with van der Waals surface area (Å²) in [6.45, 7) is 1.81. The van der Waals surface area contributed by atoms with E-state index in [1.807, 2.05) is 6.07 Å². The van der Waals surface area contributed by atoms with E-state index in [0.717, 1.165) is 5.56 Å². The maximum atomic E-state index is 13.1. The van der Waals surface area contributed by atoms with Crippen molar-refractivity contribution in [3.63, 3.8) is 0 Å². The second-order valence-electron chi connectivity index (χ2n) is 7.31. The molecule has 0 saturated carbocycles. The van der Waals surface area contributed by atoms with Gasteiger partial charge >= 0.3 is 0 Å². The van der Waals surface area contributed by atoms with E-state index in [0.29, 0.717) is 21.8 Å². The highest BCUT2D eigenvalue weighted by molar-refractivity contribution is 6.51. The summed E-state index contributed by atoms with van der Waals surface area (Å²) >= 11 is 5.93. The SMILES string of the molecule is Cc1ccccc1N1C(=O)C(=O)C(=C(O)c2ccc(Cl)cc2)[C@H]1c1ccc([N+](=O)[O-])cc1. The number of Topliss-reactive ketones (excluding diaryl/α,β-unsaturated/α-hetero) is 1. The van der Waals surface area contributed by atoms with Crippen LogP contribution in [0.3, 0.4) is 0 Å². The third kappa shape index (κ3) is 3.63. The van der Waals surface area contributed by atoms with E-state index in [9.17, 15) is 24.8 Å². The first-order valence-electron chi connectivity index (χ1n) is 9.66. The molecule has 1 aliphatic heterocycles. The molecule has 1 heterocycles. The molecule has 3 aromatic rings. The zero-order valence-corrected chi connectivity index (χ0v) is 17.6. The van der Waals surface area contributed by atoms with Crippen molar-refractivity contribution in [3.05, 3.63) is 110 Å². The number of ketones is 1. The summed E-state index contributed by atoms with van der Waals surface area (Å²) in [5.41, 5.74) is 1.81. The van der Waals surface area contributed by atoms with Crippen molar-refractivity contribution in [1.82, 2.24) is 0 Å². The Morgan fingerprint density at radius 1 is 1.00 bits per heavy atom. The molecule has 0 bridgehead atoms. The molecule has 3 aromatic carbocycles. The van der Waals surface area contributed by atoms with Gasteiger partial charge in [0.05, 0.1) is 16.5 Å². The first-order valence-corrected chi connectivity index (χ1v) is 10.0. The number of nitro groups is 1. The van der Waals surface area contributed by atoms with Gasteiger partial charge in [-0.3, -0.25) is 24.6 Å². The van der Waals surface area contributed by atoms with Gasteiger partial charge in [-0.15, -0.1) is 0 Å². The first-order chi connectivity index (χ1) is 15.3. The molecule has 1 saturated heterocycles. The van der Waals surface area contributed by atoms with Crippen LogP contribution in [0.5, 0.6) is 0 Å². The molecule has 1 amide bonds. The highest BCUT2D eigenvalue weighted by atomic mass is 35.5. The quantitative estimate of drug-likeness (QED) is 0.195. The predicted octanol–water partition coefficient (Wildman–Crippen LogP) is 5.18. The molecule has 0 unspecified atom stereocenters. The lowest BCUT2D eigenvalue weighted by Crippen LogP contribution is -2.30. The van der Waals surface area contributed by atoms with E-state index >= 15 is 0 Å². The van der Waals surface area contributed by atoms with Crippen LogP contribution < -0.4 is 4.90 Å². The number of aryl methyl sites for hydroxylation is 1. The van der Waals surface area contributed by atoms with Crippen LogP contribution in [-0.4, -0.2) is 21.7 Å². The van der Waals surface area contributed by atoms with Crippen molar-refractivity contribution in [1.29, 1.82) is 0 Å². The molecule has 1 fully saturated rings. The predicted molar refractivity (Wildman–Crippen MR) is 121 cm³/mol. The van der Waals surface area contributed by atoms with Crippen molar-refractivity contribution >= 4 is 40.4 Å². The lowest BCUT2D eigenvalue weighted by Gasteiger charge is -2.26. The summed E-state index contributed by atoms with van der Waals surface area (Å²) in [7, 11) is 0. The van der Waals surface area contributed by atoms with Gasteiger partial charge in [-0.2, -0.15) is 0 Å². The lowest BCUT2D eigenvalue weighted by atomic mass is 9.94. The molecule has 4 rings (SSSR count). The van der Waals surface area contributed by atoms with Crippen LogP contribution in [0.1, 0.15) is 22.7 Å². The summed E-state index contributed by atoms with van der Waals surface area (Å²) in [6, 6.07) is 17.9. The van der Waals surface area contributed by atoms with Crippen molar-refractivity contribution < 1.29 is 19.6 Å². The highest BCUT2D eigenvalue weighted by Gasteiger charge is 2.47. The number of amides is 1. The zero-order chi connectivity index (χ0) is 23.0. The van der Waals surface area contributed by atoms with Crippen LogP contribution in [0.4, 0.5) is 11.4 Å². The van der Waals surface area contributed by atoms with Crippen molar-refractivity contribution in [2.45, 2.75) is 13.0 Å². The molecule has 1 aliphatic rings. The summed E-state index contributed by atoms with van der Waals surface area (Å²) in [6.07, 6.45) is 0. The number of benzene rings is 3. The number of rotatable bonds is 4. The fourth-order valence-electron chi connectivity index (χ4n) is 3.77. The Hall–Kier alpha value is -3.97. The number of aliphatic hydroxyl groups is 1. The second-order valence-corrected chi connectivity index (χ2v) is 7.75. The van der Waals surface area contributed by atoms with E-state index in [1.54, 1.807) is 49.4 Å². The number of non-ortho nitro benzene ring substituents is 1. The minimum Gasteiger partial charge on any atom is -0.507 e. The number of hydrogen-bond donors (Lipinski definition) is 1. The monoisotopic (exact) mass is 448 g/mol. The van der Waals surface area contributed by atoms with Crippen LogP contribution in [0, 0.1) is 17.0 Å². The molecule has 1 N–H and O–H groups in total. The maximum Gasteiger partial charge on any atom is 0.300 e. The summed E-state index contributed by atoms with van der Waals surface area (Å²) < 4.78 is 0. The summed E-state index contributed by atoms with van der Waals surface area (Å²) in [5.74, 6) is -1.98. The highest BCUT2D eigenvalue weighted by Crippen LogP contribution is 2.43. The Morgan fingerprint density at radius 3 is 2.22 bits per heavy atom. The topological polar surface area (TPSA) is 101 Å². The zero-order valence-electron chi connectivity index (χ0n) is 16.9. The van der Waals surface area contributed by atoms with Gasteiger partial charge in [-0.1, -0.05) is 29.8 Å². The van der Waals surface area contributed by atoms with Crippen LogP contribution in [0.15, 0.2) is 78.4 Å². The Balaban J connectivity index is 1.95. The van der Waals surface area contributed by atoms with E-state index in [-0.39, 0.29) is 17.0 Å². The summed E-state index contributed by atoms with van der Waals surface area (Å²) in [5, 5.41) is 22.6. The van der Waals surface area contributed by atoms with Crippen molar-refractivity contribution in [2.24, 2.45) is 0 Å². The fraction of sp³-hybridized carbons (Fsp3) is 0.0833. The van der Waals surface area contributed by atoms with Gasteiger partial charge in [0.2, 0.25) is 0 Å². The smallest absolute Gasteiger partial charge is 0.300 e. The third-order valence-electron chi connectivity index (χ3n) is 5.36. The number of anilines is 1. The molecule has 0 radical (unpaired) electrons. The normalized spacial score (nSPS) is 17.6. The second kappa shape index (κ2) is 8.28. The van der Waals surface area contributed by atoms with Gasteiger partial charge in [-0.25, -0.2) is 0 Å². The molecule has 160 valence electrons. The fourth-order valence-corrected chi connectivity index (χ4v) is 3.90. The van der Waals surface area contributed by atoms with Crippen LogP contribution in [0.2, 0.25) is 5.02 Å². The Labute approximate surface area is 188 Å². The van der Waals surface area contributed by atoms with Gasteiger partial charge in [0.15, 0.2) is 0 Å². The number of para-hydroxylation sites is 1. The molecule has 0 aromatic heterocycles. The third-order valence-corrected chi connectivity index (χ3v) is 5.61. The number of carbonyl (C=O) groups is 2. The lowest BCUT2D eigenvalue weighted by molar-refractivity contribution is -0.384. The molecule has 7 nitrogen and oxygen atoms in total. The Morgan fingerprint density at radius 2 is 1.62 bits per heavy atom. The average molecular weight is 449 g/mol. The van der Waals surface area contributed by atoms with Crippen LogP contribution >= 0.6 is 11.6 Å². The van der Waals surface area contributed by atoms with Crippen LogP contribution in [0.25, 0.3) is 5.76 Å². The van der Waals surface area contributed by atoms with E-state index in [2.05, 4.69) is 0 Å². The Kier molecular flexibility index (Phi) is 5.50. The van der Waals surface area contributed by atoms with Gasteiger partial charge in [0.25, 0.3) is 17.4 Å². The molecular formula is C24H17ClN2O5. The molecule has 32 heavy (non-hydrogen) atoms.